The number of urea groups is 1. The molecule has 0 fully saturated rings. The van der Waals surface area contributed by atoms with E-state index < -0.39 is 10.0 Å². The van der Waals surface area contributed by atoms with Crippen LogP contribution >= 0.6 is 0 Å². The number of fused-ring (bicyclic) bond motifs is 1. The molecule has 7 heteroatoms. The summed E-state index contributed by atoms with van der Waals surface area (Å²) in [4.78, 5) is 13.7. The second-order valence-electron chi connectivity index (χ2n) is 5.91. The molecule has 2 aromatic carbocycles. The predicted molar refractivity (Wildman–Crippen MR) is 98.6 cm³/mol. The van der Waals surface area contributed by atoms with Gasteiger partial charge in [0.2, 0.25) is 0 Å². The van der Waals surface area contributed by atoms with Gasteiger partial charge in [0, 0.05) is 25.0 Å². The number of rotatable bonds is 4. The summed E-state index contributed by atoms with van der Waals surface area (Å²) in [5.41, 5.74) is 3.22. The minimum absolute atomic E-state index is 0.191. The van der Waals surface area contributed by atoms with Gasteiger partial charge < -0.3 is 5.32 Å². The smallest absolute Gasteiger partial charge is 0.321 e. The minimum Gasteiger partial charge on any atom is -0.341 e. The van der Waals surface area contributed by atoms with E-state index in [-0.39, 0.29) is 10.9 Å². The Bertz CT molecular complexity index is 910. The summed E-state index contributed by atoms with van der Waals surface area (Å²) in [7, 11) is -2.10. The summed E-state index contributed by atoms with van der Waals surface area (Å²) in [6.45, 7) is 2.57. The molecular weight excluding hydrogens is 338 g/mol. The van der Waals surface area contributed by atoms with Crippen molar-refractivity contribution in [3.8, 4) is 0 Å². The number of sulfonamides is 1. The van der Waals surface area contributed by atoms with Gasteiger partial charge in [0.25, 0.3) is 10.0 Å². The van der Waals surface area contributed by atoms with Crippen molar-refractivity contribution in [1.82, 2.24) is 5.32 Å². The number of aryl methyl sites for hydroxylation is 1. The summed E-state index contributed by atoms with van der Waals surface area (Å²) in [6.07, 6.45) is 1.47. The van der Waals surface area contributed by atoms with E-state index in [2.05, 4.69) is 10.0 Å². The fraction of sp³-hybridized carbons (Fsp3) is 0.278. The Balaban J connectivity index is 1.87. The molecule has 2 aromatic rings. The van der Waals surface area contributed by atoms with Gasteiger partial charge in [0.15, 0.2) is 0 Å². The topological polar surface area (TPSA) is 78.5 Å². The summed E-state index contributed by atoms with van der Waals surface area (Å²) in [5.74, 6) is 0. The normalized spacial score (nSPS) is 13.4. The van der Waals surface area contributed by atoms with E-state index in [4.69, 9.17) is 0 Å². The highest BCUT2D eigenvalue weighted by Gasteiger charge is 2.26. The number of benzene rings is 2. The summed E-state index contributed by atoms with van der Waals surface area (Å²) in [6, 6.07) is 12.0. The largest absolute Gasteiger partial charge is 0.341 e. The standard InChI is InChI=1S/C18H21N3O3S/c1-3-13-5-4-6-15(11-13)20-25(23,24)16-7-8-17-14(12-16)9-10-21(17)18(22)19-2/h4-8,11-12,20H,3,9-10H2,1-2H3,(H,19,22). The molecular formula is C18H21N3O3S. The predicted octanol–water partition coefficient (Wildman–Crippen LogP) is 2.75. The van der Waals surface area contributed by atoms with E-state index in [1.807, 2.05) is 25.1 Å². The van der Waals surface area contributed by atoms with Gasteiger partial charge in [-0.2, -0.15) is 0 Å². The van der Waals surface area contributed by atoms with Crippen molar-refractivity contribution >= 4 is 27.4 Å². The first-order valence-corrected chi connectivity index (χ1v) is 9.67. The molecule has 1 aliphatic rings. The van der Waals surface area contributed by atoms with Crippen molar-refractivity contribution in [3.63, 3.8) is 0 Å². The summed E-state index contributed by atoms with van der Waals surface area (Å²) < 4.78 is 28.0. The second kappa shape index (κ2) is 6.76. The van der Waals surface area contributed by atoms with E-state index in [0.29, 0.717) is 18.7 Å². The second-order valence-corrected chi connectivity index (χ2v) is 7.59. The molecule has 1 heterocycles. The van der Waals surface area contributed by atoms with E-state index in [1.54, 1.807) is 30.1 Å². The zero-order valence-corrected chi connectivity index (χ0v) is 15.1. The van der Waals surface area contributed by atoms with Crippen LogP contribution in [0.4, 0.5) is 16.2 Å². The van der Waals surface area contributed by atoms with Gasteiger partial charge in [-0.25, -0.2) is 13.2 Å². The van der Waals surface area contributed by atoms with Crippen molar-refractivity contribution in [2.45, 2.75) is 24.7 Å². The first-order valence-electron chi connectivity index (χ1n) is 8.18. The Morgan fingerprint density at radius 1 is 1.20 bits per heavy atom. The summed E-state index contributed by atoms with van der Waals surface area (Å²) >= 11 is 0. The first-order chi connectivity index (χ1) is 11.9. The molecule has 0 saturated heterocycles. The maximum atomic E-state index is 12.7. The maximum Gasteiger partial charge on any atom is 0.321 e. The molecule has 0 atom stereocenters. The number of nitrogens with zero attached hydrogens (tertiary/aromatic N) is 1. The van der Waals surface area contributed by atoms with Crippen molar-refractivity contribution in [2.75, 3.05) is 23.2 Å². The third kappa shape index (κ3) is 3.46. The molecule has 6 nitrogen and oxygen atoms in total. The van der Waals surface area contributed by atoms with Crippen molar-refractivity contribution in [1.29, 1.82) is 0 Å². The Kier molecular flexibility index (Phi) is 4.67. The molecule has 25 heavy (non-hydrogen) atoms. The van der Waals surface area contributed by atoms with Gasteiger partial charge in [-0.1, -0.05) is 19.1 Å². The average molecular weight is 359 g/mol. The lowest BCUT2D eigenvalue weighted by Gasteiger charge is -2.16. The average Bonchev–Trinajstić information content (AvgIpc) is 3.04. The molecule has 0 radical (unpaired) electrons. The van der Waals surface area contributed by atoms with E-state index >= 15 is 0 Å². The molecule has 0 saturated carbocycles. The number of hydrogen-bond acceptors (Lipinski definition) is 3. The lowest BCUT2D eigenvalue weighted by Crippen LogP contribution is -2.36. The minimum atomic E-state index is -3.67. The zero-order valence-electron chi connectivity index (χ0n) is 14.2. The van der Waals surface area contributed by atoms with E-state index in [9.17, 15) is 13.2 Å². The fourth-order valence-electron chi connectivity index (χ4n) is 2.96. The fourth-order valence-corrected chi connectivity index (χ4v) is 4.06. The van der Waals surface area contributed by atoms with Crippen LogP contribution < -0.4 is 14.9 Å². The molecule has 0 spiro atoms. The molecule has 2 N–H and O–H groups in total. The summed E-state index contributed by atoms with van der Waals surface area (Å²) in [5, 5.41) is 2.59. The molecule has 0 aliphatic carbocycles. The molecule has 0 bridgehead atoms. The Hall–Kier alpha value is -2.54. The zero-order chi connectivity index (χ0) is 18.0. The van der Waals surface area contributed by atoms with Crippen molar-refractivity contribution in [3.05, 3.63) is 53.6 Å². The van der Waals surface area contributed by atoms with Crippen LogP contribution in [0.3, 0.4) is 0 Å². The van der Waals surface area contributed by atoms with Gasteiger partial charge in [-0.05, 0) is 54.3 Å². The van der Waals surface area contributed by atoms with Crippen molar-refractivity contribution in [2.24, 2.45) is 0 Å². The Morgan fingerprint density at radius 3 is 2.72 bits per heavy atom. The molecule has 0 unspecified atom stereocenters. The van der Waals surface area contributed by atoms with Gasteiger partial charge >= 0.3 is 6.03 Å². The molecule has 132 valence electrons. The molecule has 0 aromatic heterocycles. The number of amides is 2. The Labute approximate surface area is 147 Å². The molecule has 2 amide bonds. The van der Waals surface area contributed by atoms with Crippen LogP contribution in [-0.4, -0.2) is 28.0 Å². The SMILES string of the molecule is CCc1cccc(NS(=O)(=O)c2ccc3c(c2)CCN3C(=O)NC)c1. The quantitative estimate of drug-likeness (QED) is 0.881. The third-order valence-corrected chi connectivity index (χ3v) is 5.68. The van der Waals surface area contributed by atoms with Gasteiger partial charge in [-0.15, -0.1) is 0 Å². The Morgan fingerprint density at radius 2 is 2.00 bits per heavy atom. The highest BCUT2D eigenvalue weighted by molar-refractivity contribution is 7.92. The molecule has 3 rings (SSSR count). The van der Waals surface area contributed by atoms with Crippen LogP contribution in [0.25, 0.3) is 0 Å². The van der Waals surface area contributed by atoms with Gasteiger partial charge in [0.1, 0.15) is 0 Å². The van der Waals surface area contributed by atoms with Crippen LogP contribution in [0, 0.1) is 0 Å². The van der Waals surface area contributed by atoms with Crippen LogP contribution in [0.15, 0.2) is 47.4 Å². The van der Waals surface area contributed by atoms with Gasteiger partial charge in [0.05, 0.1) is 4.90 Å². The van der Waals surface area contributed by atoms with E-state index in [1.165, 1.54) is 6.07 Å². The monoisotopic (exact) mass is 359 g/mol. The number of carbonyl (C=O) groups is 1. The molecule has 1 aliphatic heterocycles. The third-order valence-electron chi connectivity index (χ3n) is 4.30. The number of anilines is 2. The first kappa shape index (κ1) is 17.3. The number of carbonyl (C=O) groups excluding carboxylic acids is 1. The lowest BCUT2D eigenvalue weighted by atomic mass is 10.1. The lowest BCUT2D eigenvalue weighted by molar-refractivity contribution is 0.248. The maximum absolute atomic E-state index is 12.7. The van der Waals surface area contributed by atoms with Gasteiger partial charge in [-0.3, -0.25) is 9.62 Å². The van der Waals surface area contributed by atoms with Crippen molar-refractivity contribution < 1.29 is 13.2 Å². The number of nitrogens with one attached hydrogen (secondary N) is 2. The number of hydrogen-bond donors (Lipinski definition) is 2. The highest BCUT2D eigenvalue weighted by Crippen LogP contribution is 2.30. The van der Waals surface area contributed by atoms with Crippen LogP contribution in [0.5, 0.6) is 0 Å². The highest BCUT2D eigenvalue weighted by atomic mass is 32.2. The van der Waals surface area contributed by atoms with Crippen LogP contribution in [-0.2, 0) is 22.9 Å². The van der Waals surface area contributed by atoms with Crippen LogP contribution in [0.1, 0.15) is 18.1 Å². The van der Waals surface area contributed by atoms with Crippen LogP contribution in [0.2, 0.25) is 0 Å². The van der Waals surface area contributed by atoms with E-state index in [0.717, 1.165) is 23.2 Å².